The van der Waals surface area contributed by atoms with Crippen molar-refractivity contribution in [1.82, 2.24) is 5.32 Å². The summed E-state index contributed by atoms with van der Waals surface area (Å²) in [4.78, 5) is 11.5. The minimum Gasteiger partial charge on any atom is -0.460 e. The maximum atomic E-state index is 11.5. The van der Waals surface area contributed by atoms with Gasteiger partial charge in [0.15, 0.2) is 0 Å². The van der Waals surface area contributed by atoms with Crippen molar-refractivity contribution in [2.24, 2.45) is 0 Å². The van der Waals surface area contributed by atoms with Crippen LogP contribution in [0.2, 0.25) is 0 Å². The lowest BCUT2D eigenvalue weighted by atomic mass is 9.94. The highest BCUT2D eigenvalue weighted by atomic mass is 16.6. The highest BCUT2D eigenvalue weighted by Crippen LogP contribution is 2.24. The van der Waals surface area contributed by atoms with Crippen molar-refractivity contribution in [3.63, 3.8) is 0 Å². The van der Waals surface area contributed by atoms with Crippen LogP contribution < -0.4 is 5.32 Å². The van der Waals surface area contributed by atoms with Gasteiger partial charge in [0, 0.05) is 12.0 Å². The summed E-state index contributed by atoms with van der Waals surface area (Å²) in [6, 6.07) is 0. The van der Waals surface area contributed by atoms with Crippen LogP contribution in [-0.2, 0) is 9.53 Å². The summed E-state index contributed by atoms with van der Waals surface area (Å²) < 4.78 is 5.28. The molecule has 0 spiro atoms. The molecular formula is C12H23NO2. The Morgan fingerprint density at radius 3 is 2.60 bits per heavy atom. The van der Waals surface area contributed by atoms with Crippen molar-refractivity contribution < 1.29 is 9.53 Å². The van der Waals surface area contributed by atoms with Crippen LogP contribution in [0.1, 0.15) is 53.4 Å². The van der Waals surface area contributed by atoms with E-state index in [4.69, 9.17) is 4.74 Å². The number of rotatable bonds is 3. The van der Waals surface area contributed by atoms with Crippen molar-refractivity contribution >= 4 is 5.97 Å². The number of esters is 1. The molecule has 1 rings (SSSR count). The second kappa shape index (κ2) is 4.52. The molecule has 0 bridgehead atoms. The normalized spacial score (nSPS) is 26.7. The van der Waals surface area contributed by atoms with Gasteiger partial charge in [0.2, 0.25) is 0 Å². The predicted molar refractivity (Wildman–Crippen MR) is 60.7 cm³/mol. The second-order valence-electron chi connectivity index (χ2n) is 5.68. The molecule has 0 amide bonds. The van der Waals surface area contributed by atoms with Crippen LogP contribution in [0.4, 0.5) is 0 Å². The highest BCUT2D eigenvalue weighted by molar-refractivity contribution is 5.69. The van der Waals surface area contributed by atoms with Crippen molar-refractivity contribution in [2.45, 2.75) is 64.5 Å². The maximum Gasteiger partial charge on any atom is 0.306 e. The Morgan fingerprint density at radius 2 is 2.13 bits per heavy atom. The maximum absolute atomic E-state index is 11.5. The molecule has 3 nitrogen and oxygen atoms in total. The molecular weight excluding hydrogens is 190 g/mol. The van der Waals surface area contributed by atoms with Crippen molar-refractivity contribution in [3.8, 4) is 0 Å². The number of carbonyl (C=O) groups is 1. The summed E-state index contributed by atoms with van der Waals surface area (Å²) >= 11 is 0. The molecule has 0 unspecified atom stereocenters. The van der Waals surface area contributed by atoms with E-state index in [2.05, 4.69) is 12.2 Å². The van der Waals surface area contributed by atoms with Gasteiger partial charge in [-0.05, 0) is 53.5 Å². The smallest absolute Gasteiger partial charge is 0.306 e. The van der Waals surface area contributed by atoms with Gasteiger partial charge < -0.3 is 10.1 Å². The SMILES string of the molecule is CC(C)(C)OC(=O)CC[C@]1(C)CCCN1. The fourth-order valence-corrected chi connectivity index (χ4v) is 1.94. The predicted octanol–water partition coefficient (Wildman–Crippen LogP) is 2.25. The largest absolute Gasteiger partial charge is 0.460 e. The zero-order valence-electron chi connectivity index (χ0n) is 10.4. The topological polar surface area (TPSA) is 38.3 Å². The Balaban J connectivity index is 2.28. The third-order valence-corrected chi connectivity index (χ3v) is 2.76. The number of carbonyl (C=O) groups excluding carboxylic acids is 1. The van der Waals surface area contributed by atoms with Crippen LogP contribution in [0.5, 0.6) is 0 Å². The van der Waals surface area contributed by atoms with Crippen LogP contribution in [0.3, 0.4) is 0 Å². The molecule has 0 radical (unpaired) electrons. The van der Waals surface area contributed by atoms with E-state index in [0.717, 1.165) is 19.4 Å². The van der Waals surface area contributed by atoms with Gasteiger partial charge in [-0.2, -0.15) is 0 Å². The van der Waals surface area contributed by atoms with Gasteiger partial charge >= 0.3 is 5.97 Å². The fourth-order valence-electron chi connectivity index (χ4n) is 1.94. The van der Waals surface area contributed by atoms with E-state index in [1.165, 1.54) is 6.42 Å². The van der Waals surface area contributed by atoms with Crippen LogP contribution in [0.25, 0.3) is 0 Å². The molecule has 0 aromatic carbocycles. The molecule has 3 heteroatoms. The molecule has 1 fully saturated rings. The van der Waals surface area contributed by atoms with Gasteiger partial charge in [0.25, 0.3) is 0 Å². The average molecular weight is 213 g/mol. The van der Waals surface area contributed by atoms with Gasteiger partial charge in [-0.1, -0.05) is 0 Å². The lowest BCUT2D eigenvalue weighted by Gasteiger charge is -2.25. The first kappa shape index (κ1) is 12.5. The number of nitrogens with one attached hydrogen (secondary N) is 1. The third kappa shape index (κ3) is 4.65. The molecule has 0 aliphatic carbocycles. The molecule has 0 aromatic rings. The Morgan fingerprint density at radius 1 is 1.47 bits per heavy atom. The molecule has 15 heavy (non-hydrogen) atoms. The fraction of sp³-hybridized carbons (Fsp3) is 0.917. The summed E-state index contributed by atoms with van der Waals surface area (Å²) in [5, 5.41) is 3.44. The number of hydrogen-bond donors (Lipinski definition) is 1. The van der Waals surface area contributed by atoms with Gasteiger partial charge in [0.05, 0.1) is 0 Å². The van der Waals surface area contributed by atoms with E-state index in [1.54, 1.807) is 0 Å². The van der Waals surface area contributed by atoms with E-state index in [1.807, 2.05) is 20.8 Å². The van der Waals surface area contributed by atoms with Gasteiger partial charge in [-0.15, -0.1) is 0 Å². The zero-order chi connectivity index (χ0) is 11.5. The minimum atomic E-state index is -0.360. The first-order valence-electron chi connectivity index (χ1n) is 5.78. The first-order valence-corrected chi connectivity index (χ1v) is 5.78. The number of hydrogen-bond acceptors (Lipinski definition) is 3. The van der Waals surface area contributed by atoms with Crippen LogP contribution >= 0.6 is 0 Å². The summed E-state index contributed by atoms with van der Waals surface area (Å²) in [6.45, 7) is 8.97. The first-order chi connectivity index (χ1) is 6.81. The molecule has 1 aliphatic heterocycles. The Hall–Kier alpha value is -0.570. The Labute approximate surface area is 92.6 Å². The minimum absolute atomic E-state index is 0.0857. The molecule has 0 saturated carbocycles. The molecule has 1 N–H and O–H groups in total. The number of ether oxygens (including phenoxy) is 1. The molecule has 1 saturated heterocycles. The van der Waals surface area contributed by atoms with Gasteiger partial charge in [0.1, 0.15) is 5.60 Å². The summed E-state index contributed by atoms with van der Waals surface area (Å²) in [5.41, 5.74) is -0.210. The van der Waals surface area contributed by atoms with E-state index in [9.17, 15) is 4.79 Å². The highest BCUT2D eigenvalue weighted by Gasteiger charge is 2.29. The molecule has 1 aliphatic rings. The average Bonchev–Trinajstić information content (AvgIpc) is 2.47. The van der Waals surface area contributed by atoms with Crippen molar-refractivity contribution in [3.05, 3.63) is 0 Å². The van der Waals surface area contributed by atoms with Crippen LogP contribution in [0, 0.1) is 0 Å². The lowest BCUT2D eigenvalue weighted by molar-refractivity contribution is -0.155. The summed E-state index contributed by atoms with van der Waals surface area (Å²) in [6.07, 6.45) is 3.77. The third-order valence-electron chi connectivity index (χ3n) is 2.76. The quantitative estimate of drug-likeness (QED) is 0.731. The van der Waals surface area contributed by atoms with E-state index in [0.29, 0.717) is 6.42 Å². The van der Waals surface area contributed by atoms with E-state index < -0.39 is 0 Å². The van der Waals surface area contributed by atoms with Crippen molar-refractivity contribution in [2.75, 3.05) is 6.54 Å². The molecule has 88 valence electrons. The second-order valence-corrected chi connectivity index (χ2v) is 5.68. The Kier molecular flexibility index (Phi) is 3.77. The molecule has 1 heterocycles. The van der Waals surface area contributed by atoms with E-state index in [-0.39, 0.29) is 17.1 Å². The van der Waals surface area contributed by atoms with Crippen LogP contribution in [0.15, 0.2) is 0 Å². The summed E-state index contributed by atoms with van der Waals surface area (Å²) in [5.74, 6) is -0.0857. The van der Waals surface area contributed by atoms with Gasteiger partial charge in [-0.3, -0.25) is 4.79 Å². The van der Waals surface area contributed by atoms with Gasteiger partial charge in [-0.25, -0.2) is 0 Å². The summed E-state index contributed by atoms with van der Waals surface area (Å²) in [7, 11) is 0. The van der Waals surface area contributed by atoms with Crippen molar-refractivity contribution in [1.29, 1.82) is 0 Å². The molecule has 0 aromatic heterocycles. The van der Waals surface area contributed by atoms with E-state index >= 15 is 0 Å². The lowest BCUT2D eigenvalue weighted by Crippen LogP contribution is -2.37. The molecule has 1 atom stereocenters. The van der Waals surface area contributed by atoms with Crippen LogP contribution in [-0.4, -0.2) is 23.7 Å². The Bertz CT molecular complexity index is 224. The zero-order valence-corrected chi connectivity index (χ0v) is 10.4. The standard InChI is InChI=1S/C12H23NO2/c1-11(2,3)15-10(14)6-8-12(4)7-5-9-13-12/h13H,5-9H2,1-4H3/t12-/m0/s1. The monoisotopic (exact) mass is 213 g/mol.